The summed E-state index contributed by atoms with van der Waals surface area (Å²) in [5.74, 6) is 0.908. The molecule has 0 spiro atoms. The Morgan fingerprint density at radius 2 is 1.77 bits per heavy atom. The Labute approximate surface area is 159 Å². The monoisotopic (exact) mass is 360 g/mol. The summed E-state index contributed by atoms with van der Waals surface area (Å²) in [6.45, 7) is 10.6. The average Bonchev–Trinajstić information content (AvgIpc) is 2.66. The number of aliphatic imine (C=N–C) groups is 1. The van der Waals surface area contributed by atoms with E-state index in [0.29, 0.717) is 12.6 Å². The maximum atomic E-state index is 12.3. The fourth-order valence-electron chi connectivity index (χ4n) is 2.85. The van der Waals surface area contributed by atoms with Crippen LogP contribution in [-0.4, -0.2) is 42.9 Å². The number of rotatable bonds is 10. The number of nitrogens with zero attached hydrogens (tertiary/aromatic N) is 2. The topological polar surface area (TPSA) is 56.7 Å². The van der Waals surface area contributed by atoms with Crippen LogP contribution in [0.2, 0.25) is 0 Å². The predicted octanol–water partition coefficient (Wildman–Crippen LogP) is 3.80. The second-order valence-electron chi connectivity index (χ2n) is 6.64. The van der Waals surface area contributed by atoms with Crippen molar-refractivity contribution in [1.82, 2.24) is 15.5 Å². The largest absolute Gasteiger partial charge is 0.354 e. The molecule has 0 aliphatic rings. The number of benzene rings is 1. The van der Waals surface area contributed by atoms with E-state index in [0.717, 1.165) is 36.6 Å². The Balaban J connectivity index is 2.52. The lowest BCUT2D eigenvalue weighted by molar-refractivity contribution is 0.0773. The summed E-state index contributed by atoms with van der Waals surface area (Å²) in [6, 6.07) is 8.22. The van der Waals surface area contributed by atoms with Gasteiger partial charge in [0.05, 0.1) is 0 Å². The van der Waals surface area contributed by atoms with Crippen LogP contribution in [0.4, 0.5) is 0 Å². The van der Waals surface area contributed by atoms with Crippen molar-refractivity contribution in [2.24, 2.45) is 4.99 Å². The summed E-state index contributed by atoms with van der Waals surface area (Å²) in [7, 11) is 1.79. The smallest absolute Gasteiger partial charge is 0.253 e. The van der Waals surface area contributed by atoms with Gasteiger partial charge in [-0.25, -0.2) is 0 Å². The van der Waals surface area contributed by atoms with Crippen LogP contribution in [0, 0.1) is 0 Å². The molecule has 0 fully saturated rings. The number of hydrogen-bond acceptors (Lipinski definition) is 2. The molecule has 2 N–H and O–H groups in total. The molecule has 1 atom stereocenters. The molecule has 0 saturated heterocycles. The van der Waals surface area contributed by atoms with Crippen LogP contribution in [0.15, 0.2) is 29.3 Å². The molecule has 26 heavy (non-hydrogen) atoms. The minimum atomic E-state index is 0.0906. The molecule has 5 nitrogen and oxygen atoms in total. The van der Waals surface area contributed by atoms with Crippen LogP contribution >= 0.6 is 0 Å². The molecule has 0 aliphatic heterocycles. The van der Waals surface area contributed by atoms with Crippen LogP contribution in [0.3, 0.4) is 0 Å². The molecule has 0 radical (unpaired) electrons. The zero-order chi connectivity index (χ0) is 19.4. The number of hydrogen-bond donors (Lipinski definition) is 2. The Bertz CT molecular complexity index is 550. The van der Waals surface area contributed by atoms with Crippen molar-refractivity contribution in [2.75, 3.05) is 20.1 Å². The molecular formula is C21H36N4O. The first kappa shape index (κ1) is 22.0. The van der Waals surface area contributed by atoms with Crippen molar-refractivity contribution in [1.29, 1.82) is 0 Å². The van der Waals surface area contributed by atoms with Gasteiger partial charge in [0, 0.05) is 38.3 Å². The van der Waals surface area contributed by atoms with Crippen LogP contribution in [0.25, 0.3) is 0 Å². The summed E-state index contributed by atoms with van der Waals surface area (Å²) in [5.41, 5.74) is 1.87. The summed E-state index contributed by atoms with van der Waals surface area (Å²) >= 11 is 0. The maximum absolute atomic E-state index is 12.3. The molecule has 0 saturated carbocycles. The first-order valence-electron chi connectivity index (χ1n) is 9.91. The molecule has 1 aromatic rings. The van der Waals surface area contributed by atoms with E-state index in [9.17, 15) is 4.79 Å². The third kappa shape index (κ3) is 7.46. The number of nitrogens with one attached hydrogen (secondary N) is 2. The van der Waals surface area contributed by atoms with E-state index in [1.54, 1.807) is 7.05 Å². The highest BCUT2D eigenvalue weighted by Crippen LogP contribution is 2.08. The molecule has 1 aromatic carbocycles. The third-order valence-corrected chi connectivity index (χ3v) is 4.56. The van der Waals surface area contributed by atoms with Gasteiger partial charge in [-0.3, -0.25) is 9.79 Å². The zero-order valence-electron chi connectivity index (χ0n) is 17.1. The summed E-state index contributed by atoms with van der Waals surface area (Å²) in [6.07, 6.45) is 4.91. The Morgan fingerprint density at radius 3 is 2.31 bits per heavy atom. The van der Waals surface area contributed by atoms with Gasteiger partial charge in [0.25, 0.3) is 5.91 Å². The molecule has 1 rings (SSSR count). The number of carbonyl (C=O) groups excluding carboxylic acids is 1. The molecule has 1 unspecified atom stereocenters. The second kappa shape index (κ2) is 12.3. The normalized spacial score (nSPS) is 12.6. The summed E-state index contributed by atoms with van der Waals surface area (Å²) in [5, 5.41) is 6.78. The average molecular weight is 361 g/mol. The van der Waals surface area contributed by atoms with E-state index < -0.39 is 0 Å². The van der Waals surface area contributed by atoms with E-state index in [1.807, 2.05) is 43.0 Å². The highest BCUT2D eigenvalue weighted by Gasteiger charge is 2.12. The van der Waals surface area contributed by atoms with E-state index in [2.05, 4.69) is 29.5 Å². The minimum Gasteiger partial charge on any atom is -0.354 e. The standard InChI is InChI=1S/C21H36N4O/c1-6-9-10-11-17(4)24-21(22-5)23-16-18-12-14-19(15-13-18)20(26)25(7-2)8-3/h12-15,17H,6-11,16H2,1-5H3,(H2,22,23,24). The van der Waals surface area contributed by atoms with Crippen LogP contribution in [0.5, 0.6) is 0 Å². The van der Waals surface area contributed by atoms with Crippen molar-refractivity contribution >= 4 is 11.9 Å². The number of carbonyl (C=O) groups is 1. The Kier molecular flexibility index (Phi) is 10.4. The van der Waals surface area contributed by atoms with E-state index >= 15 is 0 Å². The second-order valence-corrected chi connectivity index (χ2v) is 6.64. The lowest BCUT2D eigenvalue weighted by Crippen LogP contribution is -2.41. The minimum absolute atomic E-state index is 0.0906. The van der Waals surface area contributed by atoms with Crippen molar-refractivity contribution < 1.29 is 4.79 Å². The van der Waals surface area contributed by atoms with Crippen molar-refractivity contribution in [3.05, 3.63) is 35.4 Å². The fraction of sp³-hybridized carbons (Fsp3) is 0.619. The molecule has 0 aliphatic carbocycles. The number of unbranched alkanes of at least 4 members (excludes halogenated alkanes) is 2. The SMILES string of the molecule is CCCCCC(C)NC(=NC)NCc1ccc(C(=O)N(CC)CC)cc1. The van der Waals surface area contributed by atoms with E-state index in [4.69, 9.17) is 0 Å². The zero-order valence-corrected chi connectivity index (χ0v) is 17.1. The van der Waals surface area contributed by atoms with Crippen LogP contribution in [-0.2, 0) is 6.54 Å². The summed E-state index contributed by atoms with van der Waals surface area (Å²) in [4.78, 5) is 18.5. The molecular weight excluding hydrogens is 324 g/mol. The lowest BCUT2D eigenvalue weighted by atomic mass is 10.1. The first-order valence-corrected chi connectivity index (χ1v) is 9.91. The van der Waals surface area contributed by atoms with Crippen molar-refractivity contribution in [2.45, 2.75) is 66.0 Å². The van der Waals surface area contributed by atoms with Crippen LogP contribution < -0.4 is 10.6 Å². The highest BCUT2D eigenvalue weighted by molar-refractivity contribution is 5.94. The molecule has 0 bridgehead atoms. The van der Waals surface area contributed by atoms with Gasteiger partial charge in [0.15, 0.2) is 5.96 Å². The fourth-order valence-corrected chi connectivity index (χ4v) is 2.85. The number of guanidine groups is 1. The number of amides is 1. The molecule has 0 aromatic heterocycles. The predicted molar refractivity (Wildman–Crippen MR) is 111 cm³/mol. The first-order chi connectivity index (χ1) is 12.5. The van der Waals surface area contributed by atoms with Gasteiger partial charge < -0.3 is 15.5 Å². The molecule has 5 heteroatoms. The lowest BCUT2D eigenvalue weighted by Gasteiger charge is -2.19. The van der Waals surface area contributed by atoms with Gasteiger partial charge in [-0.1, -0.05) is 38.3 Å². The Morgan fingerprint density at radius 1 is 1.12 bits per heavy atom. The van der Waals surface area contributed by atoms with E-state index in [-0.39, 0.29) is 5.91 Å². The molecule has 0 heterocycles. The van der Waals surface area contributed by atoms with Gasteiger partial charge in [-0.05, 0) is 44.9 Å². The Hall–Kier alpha value is -2.04. The van der Waals surface area contributed by atoms with Gasteiger partial charge in [0.2, 0.25) is 0 Å². The van der Waals surface area contributed by atoms with Gasteiger partial charge in [-0.15, -0.1) is 0 Å². The van der Waals surface area contributed by atoms with E-state index in [1.165, 1.54) is 19.3 Å². The van der Waals surface area contributed by atoms with Crippen molar-refractivity contribution in [3.63, 3.8) is 0 Å². The maximum Gasteiger partial charge on any atom is 0.253 e. The summed E-state index contributed by atoms with van der Waals surface area (Å²) < 4.78 is 0. The van der Waals surface area contributed by atoms with Gasteiger partial charge >= 0.3 is 0 Å². The molecule has 146 valence electrons. The highest BCUT2D eigenvalue weighted by atomic mass is 16.2. The van der Waals surface area contributed by atoms with Crippen LogP contribution in [0.1, 0.15) is 69.3 Å². The quantitative estimate of drug-likeness (QED) is 0.379. The van der Waals surface area contributed by atoms with Gasteiger partial charge in [-0.2, -0.15) is 0 Å². The van der Waals surface area contributed by atoms with Gasteiger partial charge in [0.1, 0.15) is 0 Å². The van der Waals surface area contributed by atoms with Crippen molar-refractivity contribution in [3.8, 4) is 0 Å². The molecule has 1 amide bonds. The third-order valence-electron chi connectivity index (χ3n) is 4.56.